The van der Waals surface area contributed by atoms with Gasteiger partial charge < -0.3 is 15.0 Å². The van der Waals surface area contributed by atoms with Crippen LogP contribution < -0.4 is 10.2 Å². The van der Waals surface area contributed by atoms with E-state index in [1.54, 1.807) is 6.07 Å². The van der Waals surface area contributed by atoms with Crippen LogP contribution in [0, 0.1) is 12.7 Å². The third-order valence-corrected chi connectivity index (χ3v) is 9.06. The summed E-state index contributed by atoms with van der Waals surface area (Å²) in [6.07, 6.45) is 3.74. The molecule has 0 amide bonds. The highest BCUT2D eigenvalue weighted by Gasteiger charge is 2.31. The summed E-state index contributed by atoms with van der Waals surface area (Å²) in [6, 6.07) is 10.1. The van der Waals surface area contributed by atoms with Gasteiger partial charge in [0, 0.05) is 18.1 Å². The van der Waals surface area contributed by atoms with E-state index in [0.29, 0.717) is 48.2 Å². The van der Waals surface area contributed by atoms with Gasteiger partial charge in [0.15, 0.2) is 15.7 Å². The number of fused-ring (bicyclic) bond motifs is 1. The van der Waals surface area contributed by atoms with Gasteiger partial charge in [-0.15, -0.1) is 0 Å². The lowest BCUT2D eigenvalue weighted by molar-refractivity contribution is -0.139. The number of hydrogen-bond acceptors (Lipinski definition) is 8. The van der Waals surface area contributed by atoms with Crippen LogP contribution in [0.3, 0.4) is 0 Å². The van der Waals surface area contributed by atoms with E-state index in [-0.39, 0.29) is 28.6 Å². The topological polar surface area (TPSA) is 101 Å². The first-order valence-corrected chi connectivity index (χ1v) is 14.6. The van der Waals surface area contributed by atoms with Gasteiger partial charge in [0.25, 0.3) is 0 Å². The zero-order valence-electron chi connectivity index (χ0n) is 21.6. The molecule has 0 aliphatic carbocycles. The Balaban J connectivity index is 1.47. The van der Waals surface area contributed by atoms with Crippen LogP contribution in [0.25, 0.3) is 5.57 Å². The molecule has 1 aromatic heterocycles. The second kappa shape index (κ2) is 10.9. The van der Waals surface area contributed by atoms with Gasteiger partial charge in [-0.25, -0.2) is 17.8 Å². The van der Waals surface area contributed by atoms with Crippen LogP contribution in [-0.4, -0.2) is 50.3 Å². The number of halogens is 2. The van der Waals surface area contributed by atoms with Crippen LogP contribution in [0.1, 0.15) is 35.2 Å². The molecule has 2 aliphatic heterocycles. The number of rotatable bonds is 6. The molecule has 11 heteroatoms. The molecule has 0 spiro atoms. The van der Waals surface area contributed by atoms with E-state index in [2.05, 4.69) is 26.1 Å². The fraction of sp³-hybridized carbons (Fsp3) is 0.321. The quantitative estimate of drug-likeness (QED) is 0.411. The first-order chi connectivity index (χ1) is 18.6. The number of methoxy groups -OCH3 is 1. The number of sulfone groups is 1. The van der Waals surface area contributed by atoms with Crippen molar-refractivity contribution in [2.75, 3.05) is 36.2 Å². The lowest BCUT2D eigenvalue weighted by Gasteiger charge is -2.29. The molecule has 1 N–H and O–H groups in total. The molecular formula is C28H28ClFN4O4S. The number of aryl methyl sites for hydroxylation is 2. The van der Waals surface area contributed by atoms with Crippen molar-refractivity contribution in [3.05, 3.63) is 75.7 Å². The molecule has 39 heavy (non-hydrogen) atoms. The maximum atomic E-state index is 15.0. The molecule has 204 valence electrons. The first kappa shape index (κ1) is 27.1. The monoisotopic (exact) mass is 570 g/mol. The van der Waals surface area contributed by atoms with Gasteiger partial charge >= 0.3 is 5.97 Å². The minimum atomic E-state index is -3.65. The van der Waals surface area contributed by atoms with Crippen LogP contribution in [0.4, 0.5) is 21.8 Å². The molecule has 0 atom stereocenters. The van der Waals surface area contributed by atoms with Crippen molar-refractivity contribution >= 4 is 50.4 Å². The van der Waals surface area contributed by atoms with Crippen molar-refractivity contribution in [3.63, 3.8) is 0 Å². The van der Waals surface area contributed by atoms with Crippen LogP contribution in [0.5, 0.6) is 0 Å². The minimum Gasteiger partial charge on any atom is -0.469 e. The summed E-state index contributed by atoms with van der Waals surface area (Å²) in [5, 5.41) is 3.60. The zero-order chi connectivity index (χ0) is 27.7. The Kier molecular flexibility index (Phi) is 7.59. The first-order valence-electron chi connectivity index (χ1n) is 12.6. The number of carbonyl (C=O) groups is 1. The Morgan fingerprint density at radius 1 is 1.18 bits per heavy atom. The van der Waals surface area contributed by atoms with Crippen LogP contribution in [-0.2, 0) is 32.2 Å². The molecule has 0 unspecified atom stereocenters. The smallest absolute Gasteiger partial charge is 0.309 e. The van der Waals surface area contributed by atoms with Gasteiger partial charge in [-0.3, -0.25) is 4.79 Å². The highest BCUT2D eigenvalue weighted by atomic mass is 35.5. The van der Waals surface area contributed by atoms with E-state index in [0.717, 1.165) is 17.5 Å². The molecule has 5 rings (SSSR count). The van der Waals surface area contributed by atoms with Crippen molar-refractivity contribution in [2.24, 2.45) is 0 Å². The molecule has 8 nitrogen and oxygen atoms in total. The minimum absolute atomic E-state index is 0.0144. The number of nitrogens with one attached hydrogen (secondary N) is 1. The molecule has 0 bridgehead atoms. The van der Waals surface area contributed by atoms with Gasteiger partial charge in [0.2, 0.25) is 5.95 Å². The normalized spacial score (nSPS) is 16.3. The summed E-state index contributed by atoms with van der Waals surface area (Å²) in [6.45, 7) is 3.20. The number of esters is 1. The molecular weight excluding hydrogens is 543 g/mol. The molecule has 3 heterocycles. The lowest BCUT2D eigenvalue weighted by atomic mass is 9.96. The number of aromatic nitrogens is 2. The fourth-order valence-corrected chi connectivity index (χ4v) is 6.81. The van der Waals surface area contributed by atoms with Crippen molar-refractivity contribution in [2.45, 2.75) is 37.5 Å². The van der Waals surface area contributed by atoms with E-state index in [4.69, 9.17) is 11.6 Å². The van der Waals surface area contributed by atoms with Gasteiger partial charge in [0.05, 0.1) is 30.7 Å². The number of nitrogens with zero attached hydrogens (tertiary/aromatic N) is 3. The average Bonchev–Trinajstić information content (AvgIpc) is 2.90. The molecule has 0 radical (unpaired) electrons. The van der Waals surface area contributed by atoms with Gasteiger partial charge in [-0.1, -0.05) is 29.8 Å². The number of carbonyl (C=O) groups excluding carboxylic acids is 1. The van der Waals surface area contributed by atoms with Crippen LogP contribution in [0.2, 0.25) is 5.02 Å². The largest absolute Gasteiger partial charge is 0.469 e. The summed E-state index contributed by atoms with van der Waals surface area (Å²) in [4.78, 5) is 22.8. The van der Waals surface area contributed by atoms with E-state index in [1.807, 2.05) is 30.0 Å². The molecule has 0 saturated heterocycles. The predicted octanol–water partition coefficient (Wildman–Crippen LogP) is 5.05. The predicted molar refractivity (Wildman–Crippen MR) is 149 cm³/mol. The Hall–Kier alpha value is -3.50. The summed E-state index contributed by atoms with van der Waals surface area (Å²) >= 11 is 6.12. The van der Waals surface area contributed by atoms with E-state index >= 15 is 0 Å². The average molecular weight is 571 g/mol. The third kappa shape index (κ3) is 5.77. The van der Waals surface area contributed by atoms with Gasteiger partial charge in [-0.2, -0.15) is 4.98 Å². The van der Waals surface area contributed by atoms with Crippen molar-refractivity contribution in [3.8, 4) is 0 Å². The molecule has 0 fully saturated rings. The molecule has 2 aromatic carbocycles. The standard InChI is InChI=1S/C28H28ClFN4O4S/c1-17-14-20(29)6-7-21(17)19-9-11-34(12-10-19)28-32-24-4-3-13-39(36,37)26(24)27(33-28)31-23-8-5-18(15-22(23)30)16-25(35)38-2/h5-9,14-15H,3-4,10-13,16H2,1-2H3,(H,31,32,33). The summed E-state index contributed by atoms with van der Waals surface area (Å²) in [5.41, 5.74) is 4.37. The van der Waals surface area contributed by atoms with Crippen molar-refractivity contribution in [1.29, 1.82) is 0 Å². The SMILES string of the molecule is COC(=O)Cc1ccc(Nc2nc(N3CC=C(c4ccc(Cl)cc4C)CC3)nc3c2S(=O)(=O)CCC3)c(F)c1. The highest BCUT2D eigenvalue weighted by molar-refractivity contribution is 7.91. The number of benzene rings is 2. The fourth-order valence-electron chi connectivity index (χ4n) is 4.96. The Bertz CT molecular complexity index is 1590. The molecule has 2 aliphatic rings. The maximum Gasteiger partial charge on any atom is 0.309 e. The Morgan fingerprint density at radius 3 is 2.69 bits per heavy atom. The maximum absolute atomic E-state index is 15.0. The van der Waals surface area contributed by atoms with Gasteiger partial charge in [-0.05, 0) is 72.7 Å². The molecule has 3 aromatic rings. The summed E-state index contributed by atoms with van der Waals surface area (Å²) in [7, 11) is -2.38. The van der Waals surface area contributed by atoms with Crippen molar-refractivity contribution in [1.82, 2.24) is 9.97 Å². The van der Waals surface area contributed by atoms with E-state index in [1.165, 1.54) is 24.8 Å². The van der Waals surface area contributed by atoms with Gasteiger partial charge in [0.1, 0.15) is 10.7 Å². The zero-order valence-corrected chi connectivity index (χ0v) is 23.2. The highest BCUT2D eigenvalue weighted by Crippen LogP contribution is 2.35. The van der Waals surface area contributed by atoms with Crippen LogP contribution in [0.15, 0.2) is 47.4 Å². The number of ether oxygens (including phenoxy) is 1. The number of anilines is 3. The van der Waals surface area contributed by atoms with E-state index in [9.17, 15) is 17.6 Å². The lowest BCUT2D eigenvalue weighted by Crippen LogP contribution is -2.31. The third-order valence-electron chi connectivity index (χ3n) is 6.95. The Labute approximate surface area is 231 Å². The second-order valence-corrected chi connectivity index (χ2v) is 12.1. The number of hydrogen-bond donors (Lipinski definition) is 1. The summed E-state index contributed by atoms with van der Waals surface area (Å²) in [5.74, 6) is -0.700. The Morgan fingerprint density at radius 2 is 2.00 bits per heavy atom. The van der Waals surface area contributed by atoms with Crippen LogP contribution >= 0.6 is 11.6 Å². The summed E-state index contributed by atoms with van der Waals surface area (Å²) < 4.78 is 45.7. The van der Waals surface area contributed by atoms with Crippen molar-refractivity contribution < 1.29 is 22.3 Å². The second-order valence-electron chi connectivity index (χ2n) is 9.65. The molecule has 0 saturated carbocycles. The van der Waals surface area contributed by atoms with E-state index < -0.39 is 21.6 Å².